The predicted molar refractivity (Wildman–Crippen MR) is 103 cm³/mol. The monoisotopic (exact) mass is 395 g/mol. The largest absolute Gasteiger partial charge is 0.344 e. The molecule has 1 aliphatic heterocycles. The van der Waals surface area contributed by atoms with Gasteiger partial charge < -0.3 is 5.32 Å². The van der Waals surface area contributed by atoms with E-state index in [2.05, 4.69) is 20.9 Å². The number of aromatic nitrogens is 2. The number of H-pyrrole nitrogens is 1. The van der Waals surface area contributed by atoms with Gasteiger partial charge in [0, 0.05) is 4.88 Å². The van der Waals surface area contributed by atoms with Gasteiger partial charge in [0.25, 0.3) is 11.8 Å². The molecule has 1 saturated heterocycles. The van der Waals surface area contributed by atoms with E-state index in [1.54, 1.807) is 48.6 Å². The molecule has 3 aromatic rings. The second-order valence-electron chi connectivity index (χ2n) is 6.58. The normalized spacial score (nSPS) is 19.0. The third-order valence-corrected chi connectivity index (χ3v) is 5.61. The molecule has 1 fully saturated rings. The van der Waals surface area contributed by atoms with Crippen molar-refractivity contribution in [3.8, 4) is 10.6 Å². The molecule has 1 aromatic carbocycles. The van der Waals surface area contributed by atoms with Crippen molar-refractivity contribution < 1.29 is 14.4 Å². The van der Waals surface area contributed by atoms with E-state index in [1.165, 1.54) is 0 Å². The van der Waals surface area contributed by atoms with E-state index < -0.39 is 23.4 Å². The molecule has 0 saturated carbocycles. The number of aromatic amines is 1. The summed E-state index contributed by atoms with van der Waals surface area (Å²) in [5.41, 5.74) is 2.48. The van der Waals surface area contributed by atoms with E-state index in [0.717, 1.165) is 9.75 Å². The van der Waals surface area contributed by atoms with Gasteiger partial charge in [-0.05, 0) is 37.6 Å². The van der Waals surface area contributed by atoms with Crippen LogP contribution in [-0.4, -0.2) is 33.1 Å². The van der Waals surface area contributed by atoms with Crippen LogP contribution in [0.4, 0.5) is 4.79 Å². The molecule has 9 heteroatoms. The number of rotatable bonds is 4. The maximum absolute atomic E-state index is 12.8. The van der Waals surface area contributed by atoms with E-state index in [9.17, 15) is 14.4 Å². The number of hydrazine groups is 1. The molecule has 4 rings (SSSR count). The minimum Gasteiger partial charge on any atom is -0.318 e. The highest BCUT2D eigenvalue weighted by molar-refractivity contribution is 7.15. The molecule has 142 valence electrons. The number of thiophene rings is 1. The third-order valence-electron chi connectivity index (χ3n) is 4.57. The lowest BCUT2D eigenvalue weighted by Crippen LogP contribution is -2.48. The number of hydrogen-bond donors (Lipinski definition) is 3. The summed E-state index contributed by atoms with van der Waals surface area (Å²) in [4.78, 5) is 39.8. The molecule has 1 atom stereocenters. The lowest BCUT2D eigenvalue weighted by atomic mass is 9.92. The number of benzene rings is 1. The van der Waals surface area contributed by atoms with Crippen LogP contribution in [0.1, 0.15) is 27.9 Å². The zero-order valence-electron chi connectivity index (χ0n) is 15.1. The van der Waals surface area contributed by atoms with Gasteiger partial charge in [-0.2, -0.15) is 10.1 Å². The number of nitrogens with zero attached hydrogens (tertiary/aromatic N) is 2. The number of hydrogen-bond acceptors (Lipinski definition) is 5. The van der Waals surface area contributed by atoms with Crippen molar-refractivity contribution in [3.63, 3.8) is 0 Å². The van der Waals surface area contributed by atoms with Gasteiger partial charge >= 0.3 is 6.03 Å². The molecule has 0 spiro atoms. The van der Waals surface area contributed by atoms with Crippen molar-refractivity contribution in [2.45, 2.75) is 19.4 Å². The zero-order valence-corrected chi connectivity index (χ0v) is 16.0. The number of amides is 4. The van der Waals surface area contributed by atoms with Crippen LogP contribution in [0.2, 0.25) is 0 Å². The van der Waals surface area contributed by atoms with Crippen LogP contribution >= 0.6 is 11.3 Å². The molecular weight excluding hydrogens is 378 g/mol. The minimum atomic E-state index is -1.25. The second-order valence-corrected chi connectivity index (χ2v) is 7.87. The summed E-state index contributed by atoms with van der Waals surface area (Å²) in [7, 11) is 0. The van der Waals surface area contributed by atoms with Gasteiger partial charge in [0.1, 0.15) is 5.54 Å². The first-order chi connectivity index (χ1) is 13.4. The molecular formula is C19H17N5O3S. The van der Waals surface area contributed by atoms with Gasteiger partial charge in [-0.3, -0.25) is 20.1 Å². The van der Waals surface area contributed by atoms with E-state index >= 15 is 0 Å². The Morgan fingerprint density at radius 3 is 2.61 bits per heavy atom. The highest BCUT2D eigenvalue weighted by Gasteiger charge is 2.50. The summed E-state index contributed by atoms with van der Waals surface area (Å²) in [6.45, 7) is 3.58. The maximum atomic E-state index is 12.8. The molecule has 28 heavy (non-hydrogen) atoms. The van der Waals surface area contributed by atoms with Gasteiger partial charge in [0.05, 0.1) is 10.6 Å². The fraction of sp³-hybridized carbons (Fsp3) is 0.158. The van der Waals surface area contributed by atoms with Crippen molar-refractivity contribution >= 4 is 29.2 Å². The SMILES string of the molecule is Cc1ccc(-c2cc(C(=O)NN3C(=O)NC(C)(c4ccccc4)C3=O)n[nH]2)s1. The van der Waals surface area contributed by atoms with Crippen LogP contribution in [-0.2, 0) is 10.3 Å². The van der Waals surface area contributed by atoms with Crippen LogP contribution < -0.4 is 10.7 Å². The number of aryl methyl sites for hydroxylation is 1. The lowest BCUT2D eigenvalue weighted by molar-refractivity contribution is -0.132. The second kappa shape index (κ2) is 6.61. The van der Waals surface area contributed by atoms with Gasteiger partial charge in [-0.1, -0.05) is 30.3 Å². The molecule has 1 unspecified atom stereocenters. The average molecular weight is 395 g/mol. The Morgan fingerprint density at radius 2 is 1.93 bits per heavy atom. The molecule has 2 aromatic heterocycles. The molecule has 3 N–H and O–H groups in total. The Bertz CT molecular complexity index is 1070. The molecule has 4 amide bonds. The number of carbonyl (C=O) groups is 3. The Morgan fingerprint density at radius 1 is 1.18 bits per heavy atom. The van der Waals surface area contributed by atoms with Crippen molar-refractivity contribution in [1.29, 1.82) is 0 Å². The Hall–Kier alpha value is -3.46. The van der Waals surface area contributed by atoms with Gasteiger partial charge in [-0.25, -0.2) is 4.79 Å². The summed E-state index contributed by atoms with van der Waals surface area (Å²) in [5, 5.41) is 10.1. The smallest absolute Gasteiger partial charge is 0.318 e. The average Bonchev–Trinajstić information content (AvgIpc) is 3.38. The third kappa shape index (κ3) is 2.95. The molecule has 3 heterocycles. The molecule has 0 radical (unpaired) electrons. The molecule has 0 aliphatic carbocycles. The van der Waals surface area contributed by atoms with Crippen LogP contribution in [0.15, 0.2) is 48.5 Å². The quantitative estimate of drug-likeness (QED) is 0.590. The van der Waals surface area contributed by atoms with Crippen LogP contribution in [0.3, 0.4) is 0 Å². The summed E-state index contributed by atoms with van der Waals surface area (Å²) >= 11 is 1.57. The van der Waals surface area contributed by atoms with E-state index in [4.69, 9.17) is 0 Å². The zero-order chi connectivity index (χ0) is 19.9. The van der Waals surface area contributed by atoms with Crippen molar-refractivity contribution in [3.05, 3.63) is 64.7 Å². The van der Waals surface area contributed by atoms with Crippen LogP contribution in [0.25, 0.3) is 10.6 Å². The molecule has 1 aliphatic rings. The van der Waals surface area contributed by atoms with Crippen molar-refractivity contribution in [1.82, 2.24) is 25.9 Å². The Labute approximate surface area is 164 Å². The van der Waals surface area contributed by atoms with E-state index in [-0.39, 0.29) is 5.69 Å². The van der Waals surface area contributed by atoms with Gasteiger partial charge in [-0.15, -0.1) is 11.3 Å². The number of nitrogens with one attached hydrogen (secondary N) is 3. The fourth-order valence-corrected chi connectivity index (χ4v) is 3.84. The highest BCUT2D eigenvalue weighted by atomic mass is 32.1. The Balaban J connectivity index is 1.53. The van der Waals surface area contributed by atoms with Crippen molar-refractivity contribution in [2.75, 3.05) is 0 Å². The first-order valence-corrected chi connectivity index (χ1v) is 9.35. The first-order valence-electron chi connectivity index (χ1n) is 8.54. The number of carbonyl (C=O) groups excluding carboxylic acids is 3. The highest BCUT2D eigenvalue weighted by Crippen LogP contribution is 2.28. The topological polar surface area (TPSA) is 107 Å². The van der Waals surface area contributed by atoms with Crippen LogP contribution in [0.5, 0.6) is 0 Å². The summed E-state index contributed by atoms with van der Waals surface area (Å²) in [6, 6.07) is 13.6. The van der Waals surface area contributed by atoms with Crippen LogP contribution in [0, 0.1) is 6.92 Å². The van der Waals surface area contributed by atoms with E-state index in [0.29, 0.717) is 16.3 Å². The summed E-state index contributed by atoms with van der Waals surface area (Å²) in [5.74, 6) is -1.22. The number of urea groups is 1. The summed E-state index contributed by atoms with van der Waals surface area (Å²) in [6.07, 6.45) is 0. The maximum Gasteiger partial charge on any atom is 0.344 e. The van der Waals surface area contributed by atoms with Crippen molar-refractivity contribution in [2.24, 2.45) is 0 Å². The summed E-state index contributed by atoms with van der Waals surface area (Å²) < 4.78 is 0. The molecule has 0 bridgehead atoms. The standard InChI is InChI=1S/C19H17N5O3S/c1-11-8-9-15(28-11)13-10-14(22-21-13)16(25)23-24-17(26)19(2,20-18(24)27)12-6-4-3-5-7-12/h3-10H,1-2H3,(H,20,27)(H,21,22)(H,23,25). The lowest BCUT2D eigenvalue weighted by Gasteiger charge is -2.21. The minimum absolute atomic E-state index is 0.0787. The van der Waals surface area contributed by atoms with E-state index in [1.807, 2.05) is 25.1 Å². The predicted octanol–water partition coefficient (Wildman–Crippen LogP) is 2.56. The fourth-order valence-electron chi connectivity index (χ4n) is 3.01. The van der Waals surface area contributed by atoms with Gasteiger partial charge in [0.15, 0.2) is 5.69 Å². The number of imide groups is 1. The molecule has 8 nitrogen and oxygen atoms in total. The Kier molecular flexibility index (Phi) is 4.23. The first kappa shape index (κ1) is 17.9. The van der Waals surface area contributed by atoms with Gasteiger partial charge in [0.2, 0.25) is 0 Å².